The third kappa shape index (κ3) is 2.22. The maximum Gasteiger partial charge on any atom is 0.330 e. The van der Waals surface area contributed by atoms with Gasteiger partial charge in [-0.05, 0) is 15.9 Å². The van der Waals surface area contributed by atoms with Gasteiger partial charge in [-0.15, -0.1) is 0 Å². The number of hydrazine groups is 1. The summed E-state index contributed by atoms with van der Waals surface area (Å²) in [5.74, 6) is -0.504. The van der Waals surface area contributed by atoms with Crippen molar-refractivity contribution in [1.82, 2.24) is 20.6 Å². The van der Waals surface area contributed by atoms with Crippen LogP contribution in [0.3, 0.4) is 0 Å². The first kappa shape index (κ1) is 10.5. The lowest BCUT2D eigenvalue weighted by molar-refractivity contribution is 0.0927. The quantitative estimate of drug-likeness (QED) is 0.594. The van der Waals surface area contributed by atoms with Gasteiger partial charge in [-0.3, -0.25) is 14.9 Å². The Kier molecular flexibility index (Phi) is 3.07. The predicted molar refractivity (Wildman–Crippen MR) is 51.1 cm³/mol. The van der Waals surface area contributed by atoms with Crippen molar-refractivity contribution < 1.29 is 9.59 Å². The monoisotopic (exact) mass is 261 g/mol. The summed E-state index contributed by atoms with van der Waals surface area (Å²) in [5.41, 5.74) is 9.14. The molecule has 0 radical (unpaired) electrons. The maximum absolute atomic E-state index is 11.4. The van der Waals surface area contributed by atoms with Gasteiger partial charge in [0.05, 0.1) is 10.7 Å². The van der Waals surface area contributed by atoms with Crippen molar-refractivity contribution in [2.75, 3.05) is 0 Å². The molecule has 0 spiro atoms. The maximum atomic E-state index is 11.4. The zero-order chi connectivity index (χ0) is 10.7. The second-order valence-corrected chi connectivity index (χ2v) is 3.26. The Balaban J connectivity index is 2.74. The second kappa shape index (κ2) is 4.09. The fourth-order valence-electron chi connectivity index (χ4n) is 0.844. The van der Waals surface area contributed by atoms with E-state index in [4.69, 9.17) is 5.73 Å². The summed E-state index contributed by atoms with van der Waals surface area (Å²) < 4.78 is 1.89. The number of nitrogens with two attached hydrogens (primary N) is 1. The highest BCUT2D eigenvalue weighted by Gasteiger charge is 2.14. The number of hydrogen-bond acceptors (Lipinski definition) is 3. The van der Waals surface area contributed by atoms with Gasteiger partial charge in [0.25, 0.3) is 5.91 Å². The Hall–Kier alpha value is -1.57. The lowest BCUT2D eigenvalue weighted by Gasteiger charge is -2.04. The fraction of sp³-hybridized carbons (Fsp3) is 0.167. The molecule has 0 fully saturated rings. The van der Waals surface area contributed by atoms with Crippen LogP contribution in [0.2, 0.25) is 0 Å². The molecule has 1 aromatic heterocycles. The minimum atomic E-state index is -0.836. The normalized spacial score (nSPS) is 9.57. The molecule has 0 saturated heterocycles. The zero-order valence-corrected chi connectivity index (χ0v) is 8.83. The van der Waals surface area contributed by atoms with Crippen molar-refractivity contribution >= 4 is 27.9 Å². The Bertz CT molecular complexity index is 355. The highest BCUT2D eigenvalue weighted by molar-refractivity contribution is 9.10. The predicted octanol–water partition coefficient (Wildman–Crippen LogP) is -0.504. The van der Waals surface area contributed by atoms with E-state index in [1.54, 1.807) is 7.05 Å². The van der Waals surface area contributed by atoms with E-state index in [-0.39, 0.29) is 0 Å². The van der Waals surface area contributed by atoms with Crippen molar-refractivity contribution in [1.29, 1.82) is 0 Å². The molecule has 0 saturated carbocycles. The number of amides is 3. The molecule has 1 heterocycles. The molecule has 8 heteroatoms. The fourth-order valence-corrected chi connectivity index (χ4v) is 1.37. The van der Waals surface area contributed by atoms with E-state index >= 15 is 0 Å². The first-order valence-electron chi connectivity index (χ1n) is 3.55. The third-order valence-corrected chi connectivity index (χ3v) is 1.99. The summed E-state index contributed by atoms with van der Waals surface area (Å²) in [6.07, 6.45) is 1.47. The molecule has 0 aliphatic heterocycles. The van der Waals surface area contributed by atoms with Crippen LogP contribution in [0.4, 0.5) is 4.79 Å². The summed E-state index contributed by atoms with van der Waals surface area (Å²) in [4.78, 5) is 21.7. The van der Waals surface area contributed by atoms with Crippen LogP contribution in [0, 0.1) is 0 Å². The molecular weight excluding hydrogens is 254 g/mol. The van der Waals surface area contributed by atoms with Gasteiger partial charge in [-0.2, -0.15) is 5.10 Å². The first-order valence-corrected chi connectivity index (χ1v) is 4.35. The van der Waals surface area contributed by atoms with Crippen molar-refractivity contribution in [3.05, 3.63) is 16.4 Å². The Labute approximate surface area is 87.7 Å². The Morgan fingerprint density at radius 3 is 2.64 bits per heavy atom. The molecule has 14 heavy (non-hydrogen) atoms. The van der Waals surface area contributed by atoms with E-state index in [1.807, 2.05) is 5.43 Å². The number of halogens is 1. The summed E-state index contributed by atoms with van der Waals surface area (Å²) in [6, 6.07) is -0.836. The van der Waals surface area contributed by atoms with Crippen molar-refractivity contribution in [3.63, 3.8) is 0 Å². The number of urea groups is 1. The topological polar surface area (TPSA) is 102 Å². The lowest BCUT2D eigenvalue weighted by Crippen LogP contribution is -2.45. The number of primary amides is 1. The first-order chi connectivity index (χ1) is 6.52. The van der Waals surface area contributed by atoms with Gasteiger partial charge in [0, 0.05) is 7.05 Å². The van der Waals surface area contributed by atoms with Gasteiger partial charge >= 0.3 is 6.03 Å². The number of aryl methyl sites for hydroxylation is 1. The van der Waals surface area contributed by atoms with Crippen molar-refractivity contribution in [2.24, 2.45) is 12.8 Å². The minimum Gasteiger partial charge on any atom is -0.350 e. The van der Waals surface area contributed by atoms with Crippen LogP contribution in [-0.2, 0) is 7.05 Å². The molecule has 0 atom stereocenters. The molecule has 1 aromatic rings. The number of nitrogens with zero attached hydrogens (tertiary/aromatic N) is 2. The average molecular weight is 262 g/mol. The van der Waals surface area contributed by atoms with Gasteiger partial charge in [-0.25, -0.2) is 10.2 Å². The van der Waals surface area contributed by atoms with Crippen LogP contribution in [0.1, 0.15) is 10.5 Å². The summed E-state index contributed by atoms with van der Waals surface area (Å²) in [7, 11) is 1.60. The van der Waals surface area contributed by atoms with Gasteiger partial charge in [0.2, 0.25) is 0 Å². The molecule has 1 rings (SSSR count). The van der Waals surface area contributed by atoms with Crippen LogP contribution < -0.4 is 16.6 Å². The molecule has 4 N–H and O–H groups in total. The van der Waals surface area contributed by atoms with Crippen molar-refractivity contribution in [3.8, 4) is 0 Å². The van der Waals surface area contributed by atoms with Crippen LogP contribution in [0.25, 0.3) is 0 Å². The Morgan fingerprint density at radius 1 is 1.57 bits per heavy atom. The standard InChI is InChI=1S/C6H8BrN5O2/c1-12-4(3(7)2-9-12)5(13)10-11-6(8)14/h2H,1H3,(H,10,13)(H3,8,11,14). The average Bonchev–Trinajstić information content (AvgIpc) is 2.42. The van der Waals surface area contributed by atoms with Crippen LogP contribution in [0.5, 0.6) is 0 Å². The lowest BCUT2D eigenvalue weighted by atomic mass is 10.4. The van der Waals surface area contributed by atoms with Gasteiger partial charge in [-0.1, -0.05) is 0 Å². The highest BCUT2D eigenvalue weighted by atomic mass is 79.9. The van der Waals surface area contributed by atoms with Gasteiger partial charge in [0.15, 0.2) is 0 Å². The molecule has 0 aliphatic carbocycles. The summed E-state index contributed by atoms with van der Waals surface area (Å²) in [6.45, 7) is 0. The van der Waals surface area contributed by atoms with Crippen LogP contribution in [0.15, 0.2) is 10.7 Å². The largest absolute Gasteiger partial charge is 0.350 e. The molecule has 0 bridgehead atoms. The summed E-state index contributed by atoms with van der Waals surface area (Å²) >= 11 is 3.14. The Morgan fingerprint density at radius 2 is 2.21 bits per heavy atom. The number of nitrogens with one attached hydrogen (secondary N) is 2. The number of rotatable bonds is 1. The van der Waals surface area contributed by atoms with Crippen LogP contribution >= 0.6 is 15.9 Å². The van der Waals surface area contributed by atoms with E-state index < -0.39 is 11.9 Å². The van der Waals surface area contributed by atoms with E-state index in [0.717, 1.165) is 0 Å². The number of aromatic nitrogens is 2. The van der Waals surface area contributed by atoms with Crippen LogP contribution in [-0.4, -0.2) is 21.7 Å². The van der Waals surface area contributed by atoms with E-state index in [9.17, 15) is 9.59 Å². The summed E-state index contributed by atoms with van der Waals surface area (Å²) in [5, 5.41) is 3.83. The van der Waals surface area contributed by atoms with Crippen molar-refractivity contribution in [2.45, 2.75) is 0 Å². The highest BCUT2D eigenvalue weighted by Crippen LogP contribution is 2.14. The number of hydrogen-bond donors (Lipinski definition) is 3. The molecule has 7 nitrogen and oxygen atoms in total. The molecule has 0 aliphatic rings. The molecule has 76 valence electrons. The molecule has 0 aromatic carbocycles. The third-order valence-electron chi connectivity index (χ3n) is 1.41. The zero-order valence-electron chi connectivity index (χ0n) is 7.24. The molecule has 0 unspecified atom stereocenters. The second-order valence-electron chi connectivity index (χ2n) is 2.41. The van der Waals surface area contributed by atoms with Gasteiger partial charge < -0.3 is 5.73 Å². The molecular formula is C6H8BrN5O2. The number of carbonyl (C=O) groups excluding carboxylic acids is 2. The van der Waals surface area contributed by atoms with E-state index in [2.05, 4.69) is 26.5 Å². The SMILES string of the molecule is Cn1ncc(Br)c1C(=O)NNC(N)=O. The minimum absolute atomic E-state index is 0.291. The number of carbonyl (C=O) groups is 2. The smallest absolute Gasteiger partial charge is 0.330 e. The van der Waals surface area contributed by atoms with E-state index in [0.29, 0.717) is 10.2 Å². The van der Waals surface area contributed by atoms with Gasteiger partial charge in [0.1, 0.15) is 5.69 Å². The van der Waals surface area contributed by atoms with E-state index in [1.165, 1.54) is 10.9 Å². The molecule has 3 amide bonds.